The molecular weight excluding hydrogens is 254 g/mol. The molecule has 0 aromatic carbocycles. The van der Waals surface area contributed by atoms with Gasteiger partial charge in [0.15, 0.2) is 0 Å². The van der Waals surface area contributed by atoms with E-state index in [0.29, 0.717) is 32.3 Å². The summed E-state index contributed by atoms with van der Waals surface area (Å²) in [5.74, 6) is 0.230. The van der Waals surface area contributed by atoms with Crippen molar-refractivity contribution in [3.8, 4) is 0 Å². The average Bonchev–Trinajstić information content (AvgIpc) is 2.40. The molecule has 0 saturated carbocycles. The number of likely N-dealkylation sites (tertiary alicyclic amines) is 1. The first-order valence-electron chi connectivity index (χ1n) is 6.61. The van der Waals surface area contributed by atoms with Crippen LogP contribution in [0.5, 0.6) is 0 Å². The van der Waals surface area contributed by atoms with Gasteiger partial charge in [-0.2, -0.15) is 0 Å². The van der Waals surface area contributed by atoms with Crippen LogP contribution < -0.4 is 5.73 Å². The van der Waals surface area contributed by atoms with Crippen LogP contribution in [0.15, 0.2) is 0 Å². The number of ether oxygens (including phenoxy) is 1. The zero-order valence-corrected chi connectivity index (χ0v) is 11.7. The van der Waals surface area contributed by atoms with Gasteiger partial charge in [0.05, 0.1) is 19.8 Å². The van der Waals surface area contributed by atoms with Gasteiger partial charge in [0.2, 0.25) is 5.91 Å². The highest BCUT2D eigenvalue weighted by molar-refractivity contribution is 5.85. The van der Waals surface area contributed by atoms with Gasteiger partial charge >= 0.3 is 0 Å². The molecule has 106 valence electrons. The van der Waals surface area contributed by atoms with E-state index in [1.165, 1.54) is 12.8 Å². The molecule has 1 amide bonds. The summed E-state index contributed by atoms with van der Waals surface area (Å²) in [6, 6.07) is 0.397. The van der Waals surface area contributed by atoms with Gasteiger partial charge in [0.25, 0.3) is 0 Å². The van der Waals surface area contributed by atoms with Gasteiger partial charge in [0, 0.05) is 25.7 Å². The van der Waals surface area contributed by atoms with Crippen LogP contribution in [0.25, 0.3) is 0 Å². The van der Waals surface area contributed by atoms with E-state index in [2.05, 4.69) is 4.90 Å². The number of rotatable bonds is 3. The fourth-order valence-electron chi connectivity index (χ4n) is 2.62. The number of amides is 1. The largest absolute Gasteiger partial charge is 0.378 e. The Labute approximate surface area is 115 Å². The van der Waals surface area contributed by atoms with Crippen molar-refractivity contribution < 1.29 is 9.53 Å². The SMILES string of the molecule is Cl.NCC1CCCCN1CC(=O)N1CCOCC1. The molecule has 2 rings (SSSR count). The van der Waals surface area contributed by atoms with Crippen molar-refractivity contribution in [3.63, 3.8) is 0 Å². The fourth-order valence-corrected chi connectivity index (χ4v) is 2.62. The van der Waals surface area contributed by atoms with Crippen LogP contribution in [0.4, 0.5) is 0 Å². The third-order valence-electron chi connectivity index (χ3n) is 3.72. The topological polar surface area (TPSA) is 58.8 Å². The number of nitrogens with two attached hydrogens (primary N) is 1. The van der Waals surface area contributed by atoms with Crippen molar-refractivity contribution >= 4 is 18.3 Å². The molecule has 2 fully saturated rings. The minimum Gasteiger partial charge on any atom is -0.378 e. The maximum Gasteiger partial charge on any atom is 0.236 e. The lowest BCUT2D eigenvalue weighted by Gasteiger charge is -2.36. The summed E-state index contributed by atoms with van der Waals surface area (Å²) < 4.78 is 5.25. The van der Waals surface area contributed by atoms with E-state index in [0.717, 1.165) is 26.1 Å². The first kappa shape index (κ1) is 15.7. The summed E-state index contributed by atoms with van der Waals surface area (Å²) in [4.78, 5) is 16.3. The molecule has 2 aliphatic heterocycles. The third-order valence-corrected chi connectivity index (χ3v) is 3.72. The Hall–Kier alpha value is -0.360. The highest BCUT2D eigenvalue weighted by Crippen LogP contribution is 2.16. The van der Waals surface area contributed by atoms with E-state index in [9.17, 15) is 4.79 Å². The van der Waals surface area contributed by atoms with Gasteiger partial charge in [-0.1, -0.05) is 6.42 Å². The predicted molar refractivity (Wildman–Crippen MR) is 72.9 cm³/mol. The van der Waals surface area contributed by atoms with Crippen LogP contribution in [0.2, 0.25) is 0 Å². The summed E-state index contributed by atoms with van der Waals surface area (Å²) in [5.41, 5.74) is 5.76. The Kier molecular flexibility index (Phi) is 6.92. The molecule has 0 aromatic rings. The van der Waals surface area contributed by atoms with Crippen LogP contribution in [-0.2, 0) is 9.53 Å². The van der Waals surface area contributed by atoms with Crippen LogP contribution in [-0.4, -0.2) is 67.7 Å². The minimum atomic E-state index is 0. The van der Waals surface area contributed by atoms with Crippen LogP contribution in [0.1, 0.15) is 19.3 Å². The lowest BCUT2D eigenvalue weighted by Crippen LogP contribution is -2.51. The average molecular weight is 278 g/mol. The van der Waals surface area contributed by atoms with E-state index >= 15 is 0 Å². The van der Waals surface area contributed by atoms with Crippen molar-refractivity contribution in [2.45, 2.75) is 25.3 Å². The number of nitrogens with zero attached hydrogens (tertiary/aromatic N) is 2. The normalized spacial score (nSPS) is 25.6. The van der Waals surface area contributed by atoms with E-state index < -0.39 is 0 Å². The van der Waals surface area contributed by atoms with E-state index in [4.69, 9.17) is 10.5 Å². The molecule has 0 spiro atoms. The molecule has 2 saturated heterocycles. The first-order valence-corrected chi connectivity index (χ1v) is 6.61. The van der Waals surface area contributed by atoms with Gasteiger partial charge in [-0.25, -0.2) is 0 Å². The molecule has 2 aliphatic rings. The maximum absolute atomic E-state index is 12.1. The van der Waals surface area contributed by atoms with Gasteiger partial charge in [-0.15, -0.1) is 12.4 Å². The molecule has 0 radical (unpaired) electrons. The number of hydrogen-bond acceptors (Lipinski definition) is 4. The Bertz CT molecular complexity index is 260. The molecule has 2 N–H and O–H groups in total. The molecule has 18 heavy (non-hydrogen) atoms. The van der Waals surface area contributed by atoms with Gasteiger partial charge in [0.1, 0.15) is 0 Å². The van der Waals surface area contributed by atoms with Crippen molar-refractivity contribution in [1.29, 1.82) is 0 Å². The number of hydrogen-bond donors (Lipinski definition) is 1. The Balaban J connectivity index is 0.00000162. The lowest BCUT2D eigenvalue weighted by atomic mass is 10.0. The molecule has 0 aliphatic carbocycles. The monoisotopic (exact) mass is 277 g/mol. The number of carbonyl (C=O) groups is 1. The summed E-state index contributed by atoms with van der Waals surface area (Å²) in [5, 5.41) is 0. The molecule has 1 unspecified atom stereocenters. The zero-order chi connectivity index (χ0) is 12.1. The highest BCUT2D eigenvalue weighted by Gasteiger charge is 2.25. The number of piperidine rings is 1. The second kappa shape index (κ2) is 7.94. The maximum atomic E-state index is 12.1. The van der Waals surface area contributed by atoms with E-state index in [1.54, 1.807) is 0 Å². The second-order valence-electron chi connectivity index (χ2n) is 4.85. The molecule has 0 bridgehead atoms. The summed E-state index contributed by atoms with van der Waals surface area (Å²) >= 11 is 0. The van der Waals surface area contributed by atoms with E-state index in [1.807, 2.05) is 4.90 Å². The Morgan fingerprint density at radius 3 is 2.61 bits per heavy atom. The lowest BCUT2D eigenvalue weighted by molar-refractivity contribution is -0.137. The number of morpholine rings is 1. The molecular formula is C12H24ClN3O2. The Morgan fingerprint density at radius 1 is 1.22 bits per heavy atom. The zero-order valence-electron chi connectivity index (χ0n) is 10.8. The molecule has 1 atom stereocenters. The van der Waals surface area contributed by atoms with Gasteiger partial charge < -0.3 is 15.4 Å². The van der Waals surface area contributed by atoms with Crippen LogP contribution >= 0.6 is 12.4 Å². The number of halogens is 1. The summed E-state index contributed by atoms with van der Waals surface area (Å²) in [6.45, 7) is 5.02. The molecule has 5 nitrogen and oxygen atoms in total. The molecule has 0 aromatic heterocycles. The van der Waals surface area contributed by atoms with Crippen molar-refractivity contribution in [3.05, 3.63) is 0 Å². The van der Waals surface area contributed by atoms with Gasteiger partial charge in [-0.3, -0.25) is 9.69 Å². The van der Waals surface area contributed by atoms with Crippen molar-refractivity contribution in [2.75, 3.05) is 45.9 Å². The standard InChI is InChI=1S/C12H23N3O2.ClH/c13-9-11-3-1-2-4-15(11)10-12(16)14-5-7-17-8-6-14;/h11H,1-10,13H2;1H. The first-order chi connectivity index (χ1) is 8.31. The molecule has 6 heteroatoms. The minimum absolute atomic E-state index is 0. The van der Waals surface area contributed by atoms with Crippen molar-refractivity contribution in [2.24, 2.45) is 5.73 Å². The van der Waals surface area contributed by atoms with Crippen LogP contribution in [0, 0.1) is 0 Å². The summed E-state index contributed by atoms with van der Waals surface area (Å²) in [7, 11) is 0. The van der Waals surface area contributed by atoms with Crippen LogP contribution in [0.3, 0.4) is 0 Å². The van der Waals surface area contributed by atoms with E-state index in [-0.39, 0.29) is 18.3 Å². The highest BCUT2D eigenvalue weighted by atomic mass is 35.5. The quantitative estimate of drug-likeness (QED) is 0.794. The van der Waals surface area contributed by atoms with Gasteiger partial charge in [-0.05, 0) is 19.4 Å². The Morgan fingerprint density at radius 2 is 1.94 bits per heavy atom. The summed E-state index contributed by atoms with van der Waals surface area (Å²) in [6.07, 6.45) is 3.56. The fraction of sp³-hybridized carbons (Fsp3) is 0.917. The predicted octanol–water partition coefficient (Wildman–Crippen LogP) is 0.0802. The second-order valence-corrected chi connectivity index (χ2v) is 4.85. The number of carbonyl (C=O) groups excluding carboxylic acids is 1. The molecule has 2 heterocycles. The smallest absolute Gasteiger partial charge is 0.236 e. The third kappa shape index (κ3) is 4.09. The van der Waals surface area contributed by atoms with Crippen molar-refractivity contribution in [1.82, 2.24) is 9.80 Å².